The van der Waals surface area contributed by atoms with Crippen molar-refractivity contribution in [2.45, 2.75) is 6.92 Å². The van der Waals surface area contributed by atoms with E-state index < -0.39 is 0 Å². The van der Waals surface area contributed by atoms with E-state index in [-0.39, 0.29) is 11.6 Å². The number of nitrogens with one attached hydrogen (secondary N) is 1. The molecule has 0 saturated carbocycles. The van der Waals surface area contributed by atoms with Crippen LogP contribution in [0.5, 0.6) is 5.88 Å². The minimum atomic E-state index is -0.342. The van der Waals surface area contributed by atoms with Crippen LogP contribution in [-0.4, -0.2) is 22.5 Å². The predicted molar refractivity (Wildman–Crippen MR) is 72.6 cm³/mol. The Labute approximate surface area is 115 Å². The average molecular weight is 278 g/mol. The van der Waals surface area contributed by atoms with E-state index in [0.717, 1.165) is 0 Å². The first-order valence-electron chi connectivity index (χ1n) is 5.71. The van der Waals surface area contributed by atoms with Gasteiger partial charge in [0.05, 0.1) is 6.61 Å². The Morgan fingerprint density at radius 2 is 2.21 bits per heavy atom. The predicted octanol–water partition coefficient (Wildman–Crippen LogP) is 2.78. The van der Waals surface area contributed by atoms with Crippen molar-refractivity contribution >= 4 is 23.2 Å². The summed E-state index contributed by atoms with van der Waals surface area (Å²) in [7, 11) is 0. The zero-order chi connectivity index (χ0) is 13.7. The van der Waals surface area contributed by atoms with Crippen LogP contribution < -0.4 is 10.1 Å². The molecule has 19 heavy (non-hydrogen) atoms. The quantitative estimate of drug-likeness (QED) is 0.933. The Balaban J connectivity index is 2.13. The number of hydrogen-bond acceptors (Lipinski definition) is 4. The highest BCUT2D eigenvalue weighted by atomic mass is 35.5. The van der Waals surface area contributed by atoms with E-state index in [1.807, 2.05) is 6.92 Å². The van der Waals surface area contributed by atoms with E-state index in [1.54, 1.807) is 24.3 Å². The highest BCUT2D eigenvalue weighted by Crippen LogP contribution is 2.16. The summed E-state index contributed by atoms with van der Waals surface area (Å²) in [4.78, 5) is 19.8. The Hall–Kier alpha value is -2.14. The third-order valence-electron chi connectivity index (χ3n) is 2.25. The molecular weight excluding hydrogens is 266 g/mol. The van der Waals surface area contributed by atoms with Gasteiger partial charge in [-0.05, 0) is 25.1 Å². The van der Waals surface area contributed by atoms with Crippen LogP contribution in [0.1, 0.15) is 17.4 Å². The highest BCUT2D eigenvalue weighted by Gasteiger charge is 2.09. The zero-order valence-corrected chi connectivity index (χ0v) is 11.0. The molecule has 1 aromatic heterocycles. The van der Waals surface area contributed by atoms with Gasteiger partial charge in [0.2, 0.25) is 5.88 Å². The topological polar surface area (TPSA) is 64.1 Å². The van der Waals surface area contributed by atoms with Crippen molar-refractivity contribution in [1.29, 1.82) is 0 Å². The lowest BCUT2D eigenvalue weighted by atomic mass is 10.3. The van der Waals surface area contributed by atoms with Gasteiger partial charge in [-0.1, -0.05) is 17.7 Å². The molecule has 5 nitrogen and oxygen atoms in total. The van der Waals surface area contributed by atoms with Crippen molar-refractivity contribution in [3.8, 4) is 5.88 Å². The number of anilines is 1. The summed E-state index contributed by atoms with van der Waals surface area (Å²) < 4.78 is 5.21. The van der Waals surface area contributed by atoms with E-state index in [4.69, 9.17) is 16.3 Å². The summed E-state index contributed by atoms with van der Waals surface area (Å²) in [5.41, 5.74) is 0.840. The van der Waals surface area contributed by atoms with Gasteiger partial charge in [-0.25, -0.2) is 9.97 Å². The number of carbonyl (C=O) groups excluding carboxylic acids is 1. The van der Waals surface area contributed by atoms with E-state index in [2.05, 4.69) is 15.3 Å². The monoisotopic (exact) mass is 277 g/mol. The van der Waals surface area contributed by atoms with Gasteiger partial charge < -0.3 is 10.1 Å². The molecule has 2 aromatic rings. The number of hydrogen-bond donors (Lipinski definition) is 1. The van der Waals surface area contributed by atoms with Crippen LogP contribution in [0.2, 0.25) is 5.02 Å². The van der Waals surface area contributed by atoms with Crippen LogP contribution in [0.15, 0.2) is 36.7 Å². The average Bonchev–Trinajstić information content (AvgIpc) is 2.39. The number of halogens is 1. The second-order valence-corrected chi connectivity index (χ2v) is 4.08. The lowest BCUT2D eigenvalue weighted by Crippen LogP contribution is -2.14. The molecule has 1 aromatic carbocycles. The lowest BCUT2D eigenvalue weighted by molar-refractivity contribution is 0.102. The van der Waals surface area contributed by atoms with Crippen molar-refractivity contribution in [2.24, 2.45) is 0 Å². The Kier molecular flexibility index (Phi) is 4.30. The first kappa shape index (κ1) is 13.3. The third kappa shape index (κ3) is 3.66. The molecule has 6 heteroatoms. The molecule has 0 unspecified atom stereocenters. The Morgan fingerprint density at radius 1 is 1.37 bits per heavy atom. The van der Waals surface area contributed by atoms with Gasteiger partial charge in [0.1, 0.15) is 12.0 Å². The SMILES string of the molecule is CCOc1cc(C(=O)Nc2cccc(Cl)c2)ncn1. The molecule has 0 bridgehead atoms. The van der Waals surface area contributed by atoms with Crippen LogP contribution in [0, 0.1) is 0 Å². The summed E-state index contributed by atoms with van der Waals surface area (Å²) in [5, 5.41) is 3.25. The molecule has 0 aliphatic heterocycles. The molecule has 0 saturated heterocycles. The Morgan fingerprint density at radius 3 is 2.95 bits per heavy atom. The first-order chi connectivity index (χ1) is 9.19. The second-order valence-electron chi connectivity index (χ2n) is 3.64. The fourth-order valence-electron chi connectivity index (χ4n) is 1.45. The van der Waals surface area contributed by atoms with Gasteiger partial charge in [0.25, 0.3) is 5.91 Å². The summed E-state index contributed by atoms with van der Waals surface area (Å²) >= 11 is 5.84. The Bertz CT molecular complexity index is 590. The maximum atomic E-state index is 12.0. The van der Waals surface area contributed by atoms with Crippen molar-refractivity contribution in [1.82, 2.24) is 9.97 Å². The number of amides is 1. The molecule has 98 valence electrons. The molecule has 0 fully saturated rings. The smallest absolute Gasteiger partial charge is 0.274 e. The number of ether oxygens (including phenoxy) is 1. The maximum absolute atomic E-state index is 12.0. The zero-order valence-electron chi connectivity index (χ0n) is 10.3. The fraction of sp³-hybridized carbons (Fsp3) is 0.154. The van der Waals surface area contributed by atoms with Gasteiger partial charge in [-0.3, -0.25) is 4.79 Å². The summed E-state index contributed by atoms with van der Waals surface area (Å²) in [6.45, 7) is 2.32. The number of carbonyl (C=O) groups is 1. The number of rotatable bonds is 4. The van der Waals surface area contributed by atoms with Crippen molar-refractivity contribution in [3.05, 3.63) is 47.4 Å². The van der Waals surface area contributed by atoms with Gasteiger partial charge in [0, 0.05) is 16.8 Å². The van der Waals surface area contributed by atoms with Gasteiger partial charge in [-0.15, -0.1) is 0 Å². The lowest BCUT2D eigenvalue weighted by Gasteiger charge is -2.06. The third-order valence-corrected chi connectivity index (χ3v) is 2.48. The summed E-state index contributed by atoms with van der Waals surface area (Å²) in [6, 6.07) is 8.38. The van der Waals surface area contributed by atoms with Gasteiger partial charge in [0.15, 0.2) is 0 Å². The standard InChI is InChI=1S/C13H12ClN3O2/c1-2-19-12-7-11(15-8-16-12)13(18)17-10-5-3-4-9(14)6-10/h3-8H,2H2,1H3,(H,17,18). The molecule has 0 spiro atoms. The molecule has 0 radical (unpaired) electrons. The molecule has 0 aliphatic carbocycles. The van der Waals surface area contributed by atoms with E-state index in [1.165, 1.54) is 12.4 Å². The minimum absolute atomic E-state index is 0.235. The summed E-state index contributed by atoms with van der Waals surface area (Å²) in [6.07, 6.45) is 1.29. The van der Waals surface area contributed by atoms with Crippen LogP contribution in [0.3, 0.4) is 0 Å². The van der Waals surface area contributed by atoms with E-state index in [9.17, 15) is 4.79 Å². The molecule has 1 N–H and O–H groups in total. The van der Waals surface area contributed by atoms with Crippen LogP contribution in [-0.2, 0) is 0 Å². The largest absolute Gasteiger partial charge is 0.478 e. The van der Waals surface area contributed by atoms with E-state index in [0.29, 0.717) is 23.2 Å². The van der Waals surface area contributed by atoms with Crippen molar-refractivity contribution in [3.63, 3.8) is 0 Å². The molecule has 2 rings (SSSR count). The van der Waals surface area contributed by atoms with Crippen molar-refractivity contribution < 1.29 is 9.53 Å². The number of aromatic nitrogens is 2. The van der Waals surface area contributed by atoms with Gasteiger partial charge >= 0.3 is 0 Å². The summed E-state index contributed by atoms with van der Waals surface area (Å²) in [5.74, 6) is 0.0272. The highest BCUT2D eigenvalue weighted by molar-refractivity contribution is 6.30. The van der Waals surface area contributed by atoms with E-state index >= 15 is 0 Å². The minimum Gasteiger partial charge on any atom is -0.478 e. The molecular formula is C13H12ClN3O2. The van der Waals surface area contributed by atoms with Gasteiger partial charge in [-0.2, -0.15) is 0 Å². The van der Waals surface area contributed by atoms with Crippen LogP contribution in [0.25, 0.3) is 0 Å². The normalized spacial score (nSPS) is 10.0. The molecule has 1 amide bonds. The number of nitrogens with zero attached hydrogens (tertiary/aromatic N) is 2. The first-order valence-corrected chi connectivity index (χ1v) is 6.08. The number of benzene rings is 1. The second kappa shape index (κ2) is 6.15. The molecule has 0 aliphatic rings. The molecule has 0 atom stereocenters. The fourth-order valence-corrected chi connectivity index (χ4v) is 1.64. The maximum Gasteiger partial charge on any atom is 0.274 e. The van der Waals surface area contributed by atoms with Crippen molar-refractivity contribution in [2.75, 3.05) is 11.9 Å². The molecule has 1 heterocycles. The van der Waals surface area contributed by atoms with Crippen LogP contribution >= 0.6 is 11.6 Å². The van der Waals surface area contributed by atoms with Crippen LogP contribution in [0.4, 0.5) is 5.69 Å².